The van der Waals surface area contributed by atoms with Gasteiger partial charge in [0.05, 0.1) is 22.1 Å². The molecular formula is C41H27N3. The lowest BCUT2D eigenvalue weighted by Gasteiger charge is -2.12. The zero-order valence-corrected chi connectivity index (χ0v) is 24.2. The van der Waals surface area contributed by atoms with Crippen molar-refractivity contribution >= 4 is 54.4 Å². The van der Waals surface area contributed by atoms with Gasteiger partial charge in [0.1, 0.15) is 0 Å². The number of hydrogen-bond donors (Lipinski definition) is 0. The van der Waals surface area contributed by atoms with Gasteiger partial charge in [0.2, 0.25) is 0 Å². The van der Waals surface area contributed by atoms with Crippen LogP contribution in [0, 0.1) is 6.92 Å². The number of nitrogens with zero attached hydrogens (tertiary/aromatic N) is 3. The maximum Gasteiger partial charge on any atom is 0.0971 e. The topological polar surface area (TPSA) is 30.7 Å². The van der Waals surface area contributed by atoms with E-state index < -0.39 is 0 Å². The Balaban J connectivity index is 1.21. The van der Waals surface area contributed by atoms with Crippen LogP contribution in [0.25, 0.3) is 82.3 Å². The second-order valence-electron chi connectivity index (χ2n) is 11.6. The van der Waals surface area contributed by atoms with Crippen LogP contribution in [0.3, 0.4) is 0 Å². The second kappa shape index (κ2) is 9.62. The SMILES string of the molecule is Cc1ccc2c(c1)c1cc(-c3cccc(-c4ccc5c(c4)c4ccccc4c4nccnc54)c3)ccc1n2-c1ccccc1. The van der Waals surface area contributed by atoms with E-state index >= 15 is 0 Å². The molecule has 0 aliphatic carbocycles. The van der Waals surface area contributed by atoms with Gasteiger partial charge in [-0.25, -0.2) is 0 Å². The largest absolute Gasteiger partial charge is 0.309 e. The van der Waals surface area contributed by atoms with Gasteiger partial charge in [-0.1, -0.05) is 90.5 Å². The average Bonchev–Trinajstić information content (AvgIpc) is 3.41. The molecule has 7 aromatic carbocycles. The molecule has 0 saturated carbocycles. The normalized spacial score (nSPS) is 11.8. The Hall–Kier alpha value is -5.80. The summed E-state index contributed by atoms with van der Waals surface area (Å²) in [6, 6.07) is 48.4. The zero-order chi connectivity index (χ0) is 29.2. The fraction of sp³-hybridized carbons (Fsp3) is 0.0244. The van der Waals surface area contributed by atoms with Gasteiger partial charge in [-0.05, 0) is 88.5 Å². The van der Waals surface area contributed by atoms with Crippen LogP contribution in [-0.4, -0.2) is 14.5 Å². The summed E-state index contributed by atoms with van der Waals surface area (Å²) in [7, 11) is 0. The fourth-order valence-corrected chi connectivity index (χ4v) is 6.86. The lowest BCUT2D eigenvalue weighted by molar-refractivity contribution is 1.18. The van der Waals surface area contributed by atoms with Crippen LogP contribution in [0.15, 0.2) is 146 Å². The number of aryl methyl sites for hydroxylation is 1. The van der Waals surface area contributed by atoms with Crippen molar-refractivity contribution in [3.05, 3.63) is 151 Å². The third-order valence-electron chi connectivity index (χ3n) is 8.91. The lowest BCUT2D eigenvalue weighted by atomic mass is 9.94. The van der Waals surface area contributed by atoms with Crippen LogP contribution in [0.5, 0.6) is 0 Å². The maximum atomic E-state index is 4.72. The van der Waals surface area contributed by atoms with Crippen molar-refractivity contribution in [1.29, 1.82) is 0 Å². The molecule has 9 aromatic rings. The van der Waals surface area contributed by atoms with Gasteiger partial charge in [0, 0.05) is 39.6 Å². The second-order valence-corrected chi connectivity index (χ2v) is 11.6. The number of hydrogen-bond acceptors (Lipinski definition) is 2. The minimum Gasteiger partial charge on any atom is -0.309 e. The summed E-state index contributed by atoms with van der Waals surface area (Å²) in [4.78, 5) is 9.41. The van der Waals surface area contributed by atoms with Gasteiger partial charge in [-0.15, -0.1) is 0 Å². The van der Waals surface area contributed by atoms with E-state index in [4.69, 9.17) is 4.98 Å². The number of benzene rings is 7. The Labute approximate surface area is 254 Å². The maximum absolute atomic E-state index is 4.72. The molecule has 0 aliphatic rings. The molecule has 0 fully saturated rings. The number of rotatable bonds is 3. The Kier molecular flexibility index (Phi) is 5.41. The summed E-state index contributed by atoms with van der Waals surface area (Å²) in [6.07, 6.45) is 3.56. The van der Waals surface area contributed by atoms with E-state index in [1.54, 1.807) is 12.4 Å². The van der Waals surface area contributed by atoms with Crippen molar-refractivity contribution < 1.29 is 0 Å². The Morgan fingerprint density at radius 2 is 0.977 bits per heavy atom. The summed E-state index contributed by atoms with van der Waals surface area (Å²) < 4.78 is 2.37. The Bertz CT molecular complexity index is 2520. The quantitative estimate of drug-likeness (QED) is 0.201. The van der Waals surface area contributed by atoms with Gasteiger partial charge in [0.15, 0.2) is 0 Å². The van der Waals surface area contributed by atoms with Crippen LogP contribution in [-0.2, 0) is 0 Å². The molecule has 2 aromatic heterocycles. The molecule has 3 nitrogen and oxygen atoms in total. The molecule has 0 amide bonds. The summed E-state index contributed by atoms with van der Waals surface area (Å²) in [6.45, 7) is 2.17. The highest BCUT2D eigenvalue weighted by atomic mass is 15.0. The van der Waals surface area contributed by atoms with Gasteiger partial charge >= 0.3 is 0 Å². The molecule has 44 heavy (non-hydrogen) atoms. The van der Waals surface area contributed by atoms with Crippen LogP contribution >= 0.6 is 0 Å². The van der Waals surface area contributed by atoms with E-state index in [2.05, 4.69) is 150 Å². The first-order valence-corrected chi connectivity index (χ1v) is 15.0. The predicted molar refractivity (Wildman–Crippen MR) is 184 cm³/mol. The molecule has 3 heteroatoms. The van der Waals surface area contributed by atoms with Crippen molar-refractivity contribution in [3.63, 3.8) is 0 Å². The van der Waals surface area contributed by atoms with Crippen molar-refractivity contribution in [2.45, 2.75) is 6.92 Å². The smallest absolute Gasteiger partial charge is 0.0971 e. The van der Waals surface area contributed by atoms with Crippen molar-refractivity contribution in [2.24, 2.45) is 0 Å². The Morgan fingerprint density at radius 1 is 0.409 bits per heavy atom. The number of para-hydroxylation sites is 1. The van der Waals surface area contributed by atoms with E-state index in [1.165, 1.54) is 66.1 Å². The molecule has 0 unspecified atom stereocenters. The third kappa shape index (κ3) is 3.76. The molecule has 9 rings (SSSR count). The highest BCUT2D eigenvalue weighted by molar-refractivity contribution is 6.23. The molecule has 0 saturated heterocycles. The minimum absolute atomic E-state index is 0.944. The van der Waals surface area contributed by atoms with Crippen molar-refractivity contribution in [1.82, 2.24) is 14.5 Å². The van der Waals surface area contributed by atoms with Crippen molar-refractivity contribution in [2.75, 3.05) is 0 Å². The molecule has 0 aliphatic heterocycles. The molecule has 206 valence electrons. The van der Waals surface area contributed by atoms with Crippen LogP contribution in [0.4, 0.5) is 0 Å². The van der Waals surface area contributed by atoms with E-state index in [1.807, 2.05) is 0 Å². The van der Waals surface area contributed by atoms with Crippen LogP contribution < -0.4 is 0 Å². The lowest BCUT2D eigenvalue weighted by Crippen LogP contribution is -1.93. The third-order valence-corrected chi connectivity index (χ3v) is 8.91. The fourth-order valence-electron chi connectivity index (χ4n) is 6.86. The standard InChI is InChI=1S/C41H27N3/c1-26-14-18-38-36(22-26)37-25-30(16-19-39(37)44(38)31-10-3-2-4-11-31)28-9-7-8-27(23-28)29-15-17-34-35(24-29)32-12-5-6-13-33(32)40-41(34)43-21-20-42-40/h2-25H,1H3. The Morgan fingerprint density at radius 3 is 1.73 bits per heavy atom. The van der Waals surface area contributed by atoms with Gasteiger partial charge < -0.3 is 4.57 Å². The average molecular weight is 562 g/mol. The number of aromatic nitrogens is 3. The molecule has 0 N–H and O–H groups in total. The first-order valence-electron chi connectivity index (χ1n) is 15.0. The van der Waals surface area contributed by atoms with Gasteiger partial charge in [-0.2, -0.15) is 0 Å². The highest BCUT2D eigenvalue weighted by Crippen LogP contribution is 2.38. The van der Waals surface area contributed by atoms with Crippen molar-refractivity contribution in [3.8, 4) is 27.9 Å². The predicted octanol–water partition coefficient (Wildman–Crippen LogP) is 10.7. The van der Waals surface area contributed by atoms with E-state index in [9.17, 15) is 0 Å². The van der Waals surface area contributed by atoms with E-state index in [0.29, 0.717) is 0 Å². The molecule has 0 bridgehead atoms. The molecule has 0 radical (unpaired) electrons. The summed E-state index contributed by atoms with van der Waals surface area (Å²) in [5, 5.41) is 7.19. The summed E-state index contributed by atoms with van der Waals surface area (Å²) in [5.41, 5.74) is 11.6. The molecule has 0 spiro atoms. The highest BCUT2D eigenvalue weighted by Gasteiger charge is 2.15. The molecule has 0 atom stereocenters. The molecule has 2 heterocycles. The molecular weight excluding hydrogens is 534 g/mol. The van der Waals surface area contributed by atoms with Gasteiger partial charge in [-0.3, -0.25) is 9.97 Å². The van der Waals surface area contributed by atoms with Crippen LogP contribution in [0.2, 0.25) is 0 Å². The minimum atomic E-state index is 0.944. The van der Waals surface area contributed by atoms with Crippen LogP contribution in [0.1, 0.15) is 5.56 Å². The zero-order valence-electron chi connectivity index (χ0n) is 24.2. The monoisotopic (exact) mass is 561 g/mol. The van der Waals surface area contributed by atoms with E-state index in [0.717, 1.165) is 21.8 Å². The first-order chi connectivity index (χ1) is 21.7. The summed E-state index contributed by atoms with van der Waals surface area (Å²) >= 11 is 0. The van der Waals surface area contributed by atoms with Gasteiger partial charge in [0.25, 0.3) is 0 Å². The summed E-state index contributed by atoms with van der Waals surface area (Å²) in [5.74, 6) is 0. The van der Waals surface area contributed by atoms with E-state index in [-0.39, 0.29) is 0 Å². The number of fused-ring (bicyclic) bond motifs is 9. The first kappa shape index (κ1) is 24.8.